The highest BCUT2D eigenvalue weighted by Gasteiger charge is 2.34. The third-order valence-electron chi connectivity index (χ3n) is 6.72. The van der Waals surface area contributed by atoms with E-state index in [2.05, 4.69) is 25.1 Å². The molecule has 4 aromatic rings. The van der Waals surface area contributed by atoms with Crippen molar-refractivity contribution in [2.24, 2.45) is 0 Å². The van der Waals surface area contributed by atoms with E-state index in [0.717, 1.165) is 17.3 Å². The van der Waals surface area contributed by atoms with Crippen molar-refractivity contribution >= 4 is 22.5 Å². The summed E-state index contributed by atoms with van der Waals surface area (Å²) in [5.74, 6) is 1.29. The first-order chi connectivity index (χ1) is 18.2. The summed E-state index contributed by atoms with van der Waals surface area (Å²) < 4.78 is 45.5. The van der Waals surface area contributed by atoms with Crippen molar-refractivity contribution < 1.29 is 22.7 Å². The molecule has 2 aromatic heterocycles. The molecule has 198 valence electrons. The van der Waals surface area contributed by atoms with Gasteiger partial charge in [0.25, 0.3) is 0 Å². The Morgan fingerprint density at radius 2 is 1.87 bits per heavy atom. The Balaban J connectivity index is 1.47. The number of hydrogen-bond acceptors (Lipinski definition) is 6. The maximum absolute atomic E-state index is 13.4. The Morgan fingerprint density at radius 3 is 2.55 bits per heavy atom. The van der Waals surface area contributed by atoms with Gasteiger partial charge in [0.15, 0.2) is 5.82 Å². The van der Waals surface area contributed by atoms with Gasteiger partial charge in [0.2, 0.25) is 5.91 Å². The van der Waals surface area contributed by atoms with Gasteiger partial charge in [0.05, 0.1) is 19.6 Å². The van der Waals surface area contributed by atoms with Crippen LogP contribution in [0.5, 0.6) is 5.75 Å². The average Bonchev–Trinajstić information content (AvgIpc) is 3.31. The van der Waals surface area contributed by atoms with Crippen LogP contribution in [-0.2, 0) is 23.8 Å². The maximum atomic E-state index is 13.4. The molecule has 5 rings (SSSR count). The Labute approximate surface area is 217 Å². The van der Waals surface area contributed by atoms with E-state index in [1.165, 1.54) is 13.2 Å². The Morgan fingerprint density at radius 1 is 1.08 bits per heavy atom. The summed E-state index contributed by atoms with van der Waals surface area (Å²) in [5, 5.41) is 7.44. The van der Waals surface area contributed by atoms with Crippen LogP contribution in [0.1, 0.15) is 22.9 Å². The molecule has 1 N–H and O–H groups in total. The fourth-order valence-corrected chi connectivity index (χ4v) is 4.94. The van der Waals surface area contributed by atoms with Crippen molar-refractivity contribution in [3.05, 3.63) is 77.5 Å². The highest BCUT2D eigenvalue weighted by atomic mass is 19.4. The predicted molar refractivity (Wildman–Crippen MR) is 136 cm³/mol. The van der Waals surface area contributed by atoms with Gasteiger partial charge in [-0.15, -0.1) is 0 Å². The number of aromatic amines is 1. The fraction of sp³-hybridized carbons (Fsp3) is 0.333. The molecule has 3 heterocycles. The molecule has 0 radical (unpaired) electrons. The predicted octanol–water partition coefficient (Wildman–Crippen LogP) is 4.19. The molecule has 1 amide bonds. The number of amides is 1. The number of benzene rings is 2. The van der Waals surface area contributed by atoms with Crippen LogP contribution in [0.4, 0.5) is 18.9 Å². The first-order valence-electron chi connectivity index (χ1n) is 12.2. The zero-order chi connectivity index (χ0) is 26.9. The number of piperazine rings is 1. The number of carbonyl (C=O) groups excluding carboxylic acids is 1. The minimum atomic E-state index is -4.57. The Hall–Kier alpha value is -4.15. The third kappa shape index (κ3) is 5.27. The number of methoxy groups -OCH3 is 1. The molecule has 1 aliphatic rings. The van der Waals surface area contributed by atoms with Crippen LogP contribution in [-0.4, -0.2) is 63.8 Å². The maximum Gasteiger partial charge on any atom is 0.433 e. The van der Waals surface area contributed by atoms with Gasteiger partial charge in [0, 0.05) is 30.7 Å². The lowest BCUT2D eigenvalue weighted by atomic mass is 10.00. The largest absolute Gasteiger partial charge is 0.494 e. The lowest BCUT2D eigenvalue weighted by Crippen LogP contribution is -2.56. The zero-order valence-electron chi connectivity index (χ0n) is 21.0. The number of fused-ring (bicyclic) bond motifs is 1. The first-order valence-corrected chi connectivity index (χ1v) is 12.2. The molecule has 2 aromatic carbocycles. The molecule has 1 fully saturated rings. The number of H-pyrrole nitrogens is 1. The van der Waals surface area contributed by atoms with Gasteiger partial charge in [-0.05, 0) is 43.2 Å². The Bertz CT molecular complexity index is 1440. The monoisotopic (exact) mass is 524 g/mol. The van der Waals surface area contributed by atoms with Crippen molar-refractivity contribution in [1.82, 2.24) is 25.1 Å². The first kappa shape index (κ1) is 25.5. The summed E-state index contributed by atoms with van der Waals surface area (Å²) in [6.45, 7) is 3.23. The number of anilines is 1. The molecule has 0 bridgehead atoms. The van der Waals surface area contributed by atoms with Crippen molar-refractivity contribution in [2.75, 3.05) is 31.6 Å². The number of nitrogens with one attached hydrogen (secondary N) is 1. The number of nitrogens with zero attached hydrogens (tertiary/aromatic N) is 5. The standard InChI is InChI=1S/C27H27F3N6O2/c1-17-31-24(34-33-17)15-25(37)36-13-12-35(16-19(36)14-18-6-4-3-5-7-18)21-9-10-22(38-2)26-20(21)8-11-23(32-26)27(28,29)30/h3-11,19H,12-16H2,1-2H3,(H,31,33,34)/t19-/m0/s1. The molecule has 0 saturated carbocycles. The summed E-state index contributed by atoms with van der Waals surface area (Å²) in [6.07, 6.45) is -3.85. The number of rotatable bonds is 6. The second kappa shape index (κ2) is 10.3. The number of carbonyl (C=O) groups is 1. The van der Waals surface area contributed by atoms with Gasteiger partial charge >= 0.3 is 6.18 Å². The van der Waals surface area contributed by atoms with Gasteiger partial charge in [-0.25, -0.2) is 9.97 Å². The molecule has 0 aliphatic carbocycles. The molecular formula is C27H27F3N6O2. The van der Waals surface area contributed by atoms with E-state index in [-0.39, 0.29) is 29.6 Å². The van der Waals surface area contributed by atoms with Crippen LogP contribution < -0.4 is 9.64 Å². The zero-order valence-corrected chi connectivity index (χ0v) is 21.0. The van der Waals surface area contributed by atoms with Gasteiger partial charge in [0.1, 0.15) is 22.8 Å². The van der Waals surface area contributed by atoms with Gasteiger partial charge in [-0.3, -0.25) is 9.89 Å². The topological polar surface area (TPSA) is 87.2 Å². The summed E-state index contributed by atoms with van der Waals surface area (Å²) in [6, 6.07) is 15.6. The molecule has 1 atom stereocenters. The van der Waals surface area contributed by atoms with Crippen LogP contribution in [0.15, 0.2) is 54.6 Å². The number of pyridine rings is 1. The van der Waals surface area contributed by atoms with E-state index in [9.17, 15) is 18.0 Å². The fourth-order valence-electron chi connectivity index (χ4n) is 4.94. The van der Waals surface area contributed by atoms with Crippen LogP contribution in [0.3, 0.4) is 0 Å². The average molecular weight is 525 g/mol. The van der Waals surface area contributed by atoms with Crippen molar-refractivity contribution in [1.29, 1.82) is 0 Å². The van der Waals surface area contributed by atoms with E-state index >= 15 is 0 Å². The third-order valence-corrected chi connectivity index (χ3v) is 6.72. The normalized spacial score (nSPS) is 16.2. The molecular weight excluding hydrogens is 497 g/mol. The molecule has 1 aliphatic heterocycles. The number of alkyl halides is 3. The quantitative estimate of drug-likeness (QED) is 0.407. The van der Waals surface area contributed by atoms with Crippen molar-refractivity contribution in [2.45, 2.75) is 32.0 Å². The smallest absolute Gasteiger partial charge is 0.433 e. The number of aromatic nitrogens is 4. The number of halogens is 3. The highest BCUT2D eigenvalue weighted by molar-refractivity contribution is 5.96. The number of hydrogen-bond donors (Lipinski definition) is 1. The lowest BCUT2D eigenvalue weighted by molar-refractivity contribution is -0.141. The summed E-state index contributed by atoms with van der Waals surface area (Å²) >= 11 is 0. The van der Waals surface area contributed by atoms with Crippen LogP contribution >= 0.6 is 0 Å². The van der Waals surface area contributed by atoms with Crippen LogP contribution in [0, 0.1) is 6.92 Å². The summed E-state index contributed by atoms with van der Waals surface area (Å²) in [5.41, 5.74) is 1.01. The second-order valence-corrected chi connectivity index (χ2v) is 9.27. The van der Waals surface area contributed by atoms with E-state index in [1.807, 2.05) is 41.3 Å². The minimum absolute atomic E-state index is 0.0688. The van der Waals surface area contributed by atoms with Crippen molar-refractivity contribution in [3.8, 4) is 5.75 Å². The molecule has 8 nitrogen and oxygen atoms in total. The second-order valence-electron chi connectivity index (χ2n) is 9.27. The van der Waals surface area contributed by atoms with E-state index < -0.39 is 11.9 Å². The van der Waals surface area contributed by atoms with Gasteiger partial charge < -0.3 is 14.5 Å². The van der Waals surface area contributed by atoms with Crippen LogP contribution in [0.2, 0.25) is 0 Å². The molecule has 1 saturated heterocycles. The SMILES string of the molecule is COc1ccc(N2CCN(C(=O)Cc3n[nH]c(C)n3)[C@@H](Cc3ccccc3)C2)c2ccc(C(F)(F)F)nc12. The molecule has 0 spiro atoms. The molecule has 11 heteroatoms. The van der Waals surface area contributed by atoms with Crippen LogP contribution in [0.25, 0.3) is 10.9 Å². The Kier molecular flexibility index (Phi) is 6.92. The van der Waals surface area contributed by atoms with E-state index in [1.54, 1.807) is 13.0 Å². The van der Waals surface area contributed by atoms with Gasteiger partial charge in [-0.2, -0.15) is 18.3 Å². The van der Waals surface area contributed by atoms with E-state index in [4.69, 9.17) is 4.74 Å². The highest BCUT2D eigenvalue weighted by Crippen LogP contribution is 2.37. The van der Waals surface area contributed by atoms with Gasteiger partial charge in [-0.1, -0.05) is 30.3 Å². The molecule has 0 unspecified atom stereocenters. The molecule has 38 heavy (non-hydrogen) atoms. The number of aryl methyl sites for hydroxylation is 1. The summed E-state index contributed by atoms with van der Waals surface area (Å²) in [7, 11) is 1.41. The summed E-state index contributed by atoms with van der Waals surface area (Å²) in [4.78, 5) is 25.5. The van der Waals surface area contributed by atoms with Crippen molar-refractivity contribution in [3.63, 3.8) is 0 Å². The van der Waals surface area contributed by atoms with E-state index in [0.29, 0.717) is 43.1 Å². The number of ether oxygens (including phenoxy) is 1. The lowest BCUT2D eigenvalue weighted by Gasteiger charge is -2.43. The minimum Gasteiger partial charge on any atom is -0.494 e.